The molecule has 3 aromatic rings. The molecule has 6 heteroatoms. The van der Waals surface area contributed by atoms with Gasteiger partial charge in [0.05, 0.1) is 33.7 Å². The van der Waals surface area contributed by atoms with Gasteiger partial charge in [0.15, 0.2) is 0 Å². The summed E-state index contributed by atoms with van der Waals surface area (Å²) in [5, 5.41) is 19.8. The van der Waals surface area contributed by atoms with Crippen molar-refractivity contribution in [2.45, 2.75) is 19.8 Å². The molecule has 1 aromatic heterocycles. The maximum absolute atomic E-state index is 13.1. The first-order valence-electron chi connectivity index (χ1n) is 9.36. The Kier molecular flexibility index (Phi) is 4.87. The van der Waals surface area contributed by atoms with Gasteiger partial charge in [0, 0.05) is 0 Å². The molecule has 0 saturated carbocycles. The summed E-state index contributed by atoms with van der Waals surface area (Å²) in [6.45, 7) is 3.94. The summed E-state index contributed by atoms with van der Waals surface area (Å²) in [5.74, 6) is -0.507. The van der Waals surface area contributed by atoms with Crippen molar-refractivity contribution in [2.75, 3.05) is 0 Å². The summed E-state index contributed by atoms with van der Waals surface area (Å²) in [4.78, 5) is 13.1. The van der Waals surface area contributed by atoms with Crippen molar-refractivity contribution >= 4 is 28.8 Å². The number of aryl methyl sites for hydroxylation is 2. The second-order valence-corrected chi connectivity index (χ2v) is 8.28. The standard InChI is InChI=1S/C24H18N4OS/c1-14-5-3-7-16(9-14)11-20-23(29)28-22(27)18(12-25)21(19(13-26)24(28)30-20)17-8-4-6-15(2)10-17/h3-11,21H,27H2,1-2H3/t21-/m0/s1. The van der Waals surface area contributed by atoms with E-state index in [4.69, 9.17) is 5.73 Å². The number of nitrogens with zero attached hydrogens (tertiary/aromatic N) is 3. The van der Waals surface area contributed by atoms with Crippen LogP contribution in [0.1, 0.15) is 28.2 Å². The van der Waals surface area contributed by atoms with Gasteiger partial charge in [0.2, 0.25) is 0 Å². The Morgan fingerprint density at radius 1 is 1.03 bits per heavy atom. The molecule has 2 heterocycles. The number of benzene rings is 2. The smallest absolute Gasteiger partial charge is 0.274 e. The minimum atomic E-state index is -0.593. The first-order chi connectivity index (χ1) is 14.4. The molecule has 1 atom stereocenters. The van der Waals surface area contributed by atoms with Crippen molar-refractivity contribution < 1.29 is 0 Å². The zero-order chi connectivity index (χ0) is 21.4. The summed E-state index contributed by atoms with van der Waals surface area (Å²) in [6, 6.07) is 19.8. The van der Waals surface area contributed by atoms with E-state index in [1.807, 2.05) is 62.4 Å². The molecule has 30 heavy (non-hydrogen) atoms. The lowest BCUT2D eigenvalue weighted by Gasteiger charge is -2.22. The molecule has 0 amide bonds. The van der Waals surface area contributed by atoms with Crippen LogP contribution in [-0.4, -0.2) is 4.57 Å². The third-order valence-electron chi connectivity index (χ3n) is 5.10. The molecule has 0 aliphatic carbocycles. The van der Waals surface area contributed by atoms with Crippen LogP contribution in [-0.2, 0) is 0 Å². The molecule has 0 bridgehead atoms. The van der Waals surface area contributed by atoms with Crippen molar-refractivity contribution in [3.8, 4) is 12.1 Å². The van der Waals surface area contributed by atoms with Crippen LogP contribution >= 0.6 is 11.3 Å². The average molecular weight is 411 g/mol. The van der Waals surface area contributed by atoms with Crippen molar-refractivity contribution in [1.82, 2.24) is 4.57 Å². The normalized spacial score (nSPS) is 16.2. The molecule has 5 nitrogen and oxygen atoms in total. The maximum Gasteiger partial charge on any atom is 0.274 e. The minimum Gasteiger partial charge on any atom is -0.384 e. The monoisotopic (exact) mass is 410 g/mol. The first-order valence-corrected chi connectivity index (χ1v) is 10.2. The molecule has 0 fully saturated rings. The lowest BCUT2D eigenvalue weighted by Crippen LogP contribution is -2.38. The SMILES string of the molecule is Cc1cccc(C=c2sc3n(c2=O)C(N)=C(C#N)[C@H](c2cccc(C)c2)C=3C#N)c1. The Hall–Kier alpha value is -3.87. The fraction of sp³-hybridized carbons (Fsp3) is 0.125. The van der Waals surface area contributed by atoms with Crippen molar-refractivity contribution in [3.63, 3.8) is 0 Å². The molecule has 146 valence electrons. The molecule has 2 aromatic carbocycles. The first kappa shape index (κ1) is 19.4. The fourth-order valence-corrected chi connectivity index (χ4v) is 4.87. The average Bonchev–Trinajstić information content (AvgIpc) is 3.04. The van der Waals surface area contributed by atoms with E-state index < -0.39 is 5.92 Å². The molecule has 0 spiro atoms. The van der Waals surface area contributed by atoms with Gasteiger partial charge < -0.3 is 5.73 Å². The predicted molar refractivity (Wildman–Crippen MR) is 119 cm³/mol. The molecule has 0 radical (unpaired) electrons. The molecule has 1 aliphatic heterocycles. The summed E-state index contributed by atoms with van der Waals surface area (Å²) in [7, 11) is 0. The largest absolute Gasteiger partial charge is 0.384 e. The molecule has 1 aliphatic rings. The van der Waals surface area contributed by atoms with Crippen LogP contribution in [0.2, 0.25) is 0 Å². The highest BCUT2D eigenvalue weighted by Gasteiger charge is 2.32. The Bertz CT molecular complexity index is 1470. The van der Waals surface area contributed by atoms with Crippen LogP contribution in [0.25, 0.3) is 17.5 Å². The second kappa shape index (κ2) is 7.51. The summed E-state index contributed by atoms with van der Waals surface area (Å²) in [5.41, 5.74) is 10.4. The number of fused-ring (bicyclic) bond motifs is 1. The third kappa shape index (κ3) is 3.14. The minimum absolute atomic E-state index is 0.0862. The Balaban J connectivity index is 2.07. The number of aromatic nitrogens is 1. The van der Waals surface area contributed by atoms with Gasteiger partial charge in [-0.1, -0.05) is 59.7 Å². The van der Waals surface area contributed by atoms with Crippen LogP contribution in [0.4, 0.5) is 0 Å². The lowest BCUT2D eigenvalue weighted by molar-refractivity contribution is 0.905. The van der Waals surface area contributed by atoms with E-state index in [9.17, 15) is 15.3 Å². The van der Waals surface area contributed by atoms with Gasteiger partial charge in [0.25, 0.3) is 5.56 Å². The van der Waals surface area contributed by atoms with E-state index in [1.165, 1.54) is 15.9 Å². The molecule has 2 N–H and O–H groups in total. The van der Waals surface area contributed by atoms with Crippen molar-refractivity contribution in [3.05, 3.63) is 95.9 Å². The van der Waals surface area contributed by atoms with Crippen LogP contribution in [0.15, 0.2) is 58.9 Å². The number of nitrogens with two attached hydrogens (primary N) is 1. The zero-order valence-electron chi connectivity index (χ0n) is 16.5. The topological polar surface area (TPSA) is 95.6 Å². The quantitative estimate of drug-likeness (QED) is 0.702. The van der Waals surface area contributed by atoms with E-state index >= 15 is 0 Å². The Morgan fingerprint density at radius 3 is 2.33 bits per heavy atom. The number of rotatable bonds is 2. The zero-order valence-corrected chi connectivity index (χ0v) is 17.3. The van der Waals surface area contributed by atoms with Gasteiger partial charge in [-0.05, 0) is 31.1 Å². The van der Waals surface area contributed by atoms with Crippen LogP contribution in [0.3, 0.4) is 0 Å². The second-order valence-electron chi connectivity index (χ2n) is 7.25. The number of nitriles is 2. The lowest BCUT2D eigenvalue weighted by atomic mass is 9.84. The number of hydrogen-bond acceptors (Lipinski definition) is 5. The Morgan fingerprint density at radius 2 is 1.70 bits per heavy atom. The molecule has 4 rings (SSSR count). The van der Waals surface area contributed by atoms with Gasteiger partial charge in [-0.2, -0.15) is 10.5 Å². The van der Waals surface area contributed by atoms with Crippen LogP contribution < -0.4 is 20.5 Å². The van der Waals surface area contributed by atoms with Gasteiger partial charge in [-0.25, -0.2) is 0 Å². The van der Waals surface area contributed by atoms with Gasteiger partial charge in [-0.15, -0.1) is 11.3 Å². The highest BCUT2D eigenvalue weighted by molar-refractivity contribution is 7.07. The van der Waals surface area contributed by atoms with E-state index in [0.717, 1.165) is 22.3 Å². The molecule has 0 saturated heterocycles. The van der Waals surface area contributed by atoms with E-state index in [-0.39, 0.29) is 17.0 Å². The fourth-order valence-electron chi connectivity index (χ4n) is 3.75. The number of hydrogen-bond donors (Lipinski definition) is 1. The number of allylic oxidation sites excluding steroid dienone is 1. The highest BCUT2D eigenvalue weighted by atomic mass is 32.1. The molecule has 0 unspecified atom stereocenters. The van der Waals surface area contributed by atoms with Crippen molar-refractivity contribution in [2.24, 2.45) is 5.73 Å². The summed E-state index contributed by atoms with van der Waals surface area (Å²) in [6.07, 6.45) is 1.79. The van der Waals surface area contributed by atoms with Gasteiger partial charge >= 0.3 is 0 Å². The number of thiazole rings is 1. The van der Waals surface area contributed by atoms with Crippen LogP contribution in [0.5, 0.6) is 0 Å². The van der Waals surface area contributed by atoms with E-state index in [1.54, 1.807) is 6.08 Å². The predicted octanol–water partition coefficient (Wildman–Crippen LogP) is 2.48. The van der Waals surface area contributed by atoms with Gasteiger partial charge in [-0.3, -0.25) is 9.36 Å². The van der Waals surface area contributed by atoms with E-state index in [0.29, 0.717) is 14.8 Å². The Labute approximate surface area is 177 Å². The van der Waals surface area contributed by atoms with E-state index in [2.05, 4.69) is 12.1 Å². The van der Waals surface area contributed by atoms with Crippen molar-refractivity contribution in [1.29, 1.82) is 10.5 Å². The van der Waals surface area contributed by atoms with Gasteiger partial charge in [0.1, 0.15) is 10.5 Å². The maximum atomic E-state index is 13.1. The van der Waals surface area contributed by atoms with Crippen LogP contribution in [0, 0.1) is 36.5 Å². The highest BCUT2D eigenvalue weighted by Crippen LogP contribution is 2.35. The summed E-state index contributed by atoms with van der Waals surface area (Å²) < 4.78 is 2.24. The third-order valence-corrected chi connectivity index (χ3v) is 6.21. The molecular formula is C24H18N4OS. The summed E-state index contributed by atoms with van der Waals surface area (Å²) >= 11 is 1.23. The molecular weight excluding hydrogens is 392 g/mol.